The summed E-state index contributed by atoms with van der Waals surface area (Å²) in [5.74, 6) is -1.11. The minimum absolute atomic E-state index is 0.117. The first-order chi connectivity index (χ1) is 6.98. The highest BCUT2D eigenvalue weighted by molar-refractivity contribution is 7.89. The van der Waals surface area contributed by atoms with Crippen LogP contribution in [-0.4, -0.2) is 44.9 Å². The lowest BCUT2D eigenvalue weighted by atomic mass is 10.3. The number of nitrogens with one attached hydrogen (secondary N) is 2. The molecule has 0 spiro atoms. The van der Waals surface area contributed by atoms with Gasteiger partial charge in [0.05, 0.1) is 5.75 Å². The molecule has 0 radical (unpaired) electrons. The Bertz CT molecular complexity index is 276. The molecule has 0 aromatic rings. The van der Waals surface area contributed by atoms with E-state index in [1.54, 1.807) is 0 Å². The number of sulfonamides is 1. The Labute approximate surface area is 90.1 Å². The molecule has 0 bridgehead atoms. The van der Waals surface area contributed by atoms with E-state index in [0.29, 0.717) is 13.1 Å². The average molecular weight is 238 g/mol. The lowest BCUT2D eigenvalue weighted by Gasteiger charge is -2.05. The summed E-state index contributed by atoms with van der Waals surface area (Å²) in [6.45, 7) is 3.64. The minimum atomic E-state index is -3.31. The van der Waals surface area contributed by atoms with Crippen LogP contribution in [0.5, 0.6) is 0 Å². The normalized spacial score (nSPS) is 11.5. The Kier molecular flexibility index (Phi) is 7.27. The van der Waals surface area contributed by atoms with E-state index in [4.69, 9.17) is 5.11 Å². The van der Waals surface area contributed by atoms with Crippen LogP contribution in [0.3, 0.4) is 0 Å². The third-order valence-corrected chi connectivity index (χ3v) is 3.15. The molecule has 0 saturated heterocycles. The van der Waals surface area contributed by atoms with Gasteiger partial charge in [0.25, 0.3) is 0 Å². The summed E-state index contributed by atoms with van der Waals surface area (Å²) in [5.41, 5.74) is 0. The molecule has 6 nitrogen and oxygen atoms in total. The first-order valence-electron chi connectivity index (χ1n) is 4.88. The molecular formula is C8H18N2O4S. The van der Waals surface area contributed by atoms with Crippen LogP contribution < -0.4 is 10.0 Å². The van der Waals surface area contributed by atoms with E-state index >= 15 is 0 Å². The maximum Gasteiger partial charge on any atom is 0.303 e. The number of aliphatic carboxylic acids is 1. The van der Waals surface area contributed by atoms with E-state index in [0.717, 1.165) is 6.54 Å². The van der Waals surface area contributed by atoms with Gasteiger partial charge in [0.15, 0.2) is 0 Å². The van der Waals surface area contributed by atoms with Crippen LogP contribution in [0.25, 0.3) is 0 Å². The average Bonchev–Trinajstić information content (AvgIpc) is 2.11. The summed E-state index contributed by atoms with van der Waals surface area (Å²) in [7, 11) is -3.31. The van der Waals surface area contributed by atoms with Gasteiger partial charge in [0.1, 0.15) is 0 Å². The van der Waals surface area contributed by atoms with Crippen molar-refractivity contribution in [1.29, 1.82) is 0 Å². The second kappa shape index (κ2) is 7.61. The van der Waals surface area contributed by atoms with Gasteiger partial charge in [-0.25, -0.2) is 13.1 Å². The Morgan fingerprint density at radius 1 is 1.33 bits per heavy atom. The molecule has 0 aromatic heterocycles. The molecule has 0 saturated carbocycles. The van der Waals surface area contributed by atoms with Crippen LogP contribution in [0.2, 0.25) is 0 Å². The zero-order valence-corrected chi connectivity index (χ0v) is 9.64. The quantitative estimate of drug-likeness (QED) is 0.465. The van der Waals surface area contributed by atoms with E-state index in [9.17, 15) is 13.2 Å². The number of carbonyl (C=O) groups is 1. The van der Waals surface area contributed by atoms with E-state index in [1.807, 2.05) is 6.92 Å². The second-order valence-corrected chi connectivity index (χ2v) is 4.99. The number of hydrogen-bond acceptors (Lipinski definition) is 4. The number of likely N-dealkylation sites (N-methyl/N-ethyl adjacent to an activating group) is 1. The summed E-state index contributed by atoms with van der Waals surface area (Å²) in [5, 5.41) is 11.3. The van der Waals surface area contributed by atoms with Crippen molar-refractivity contribution in [3.63, 3.8) is 0 Å². The molecule has 0 rings (SSSR count). The van der Waals surface area contributed by atoms with Crippen LogP contribution in [-0.2, 0) is 14.8 Å². The fourth-order valence-corrected chi connectivity index (χ4v) is 2.04. The SMILES string of the molecule is CCNCCNS(=O)(=O)CCCC(=O)O. The summed E-state index contributed by atoms with van der Waals surface area (Å²) in [6.07, 6.45) is 0.0278. The topological polar surface area (TPSA) is 95.5 Å². The predicted molar refractivity (Wildman–Crippen MR) is 57.2 cm³/mol. The fourth-order valence-electron chi connectivity index (χ4n) is 0.957. The van der Waals surface area contributed by atoms with E-state index < -0.39 is 16.0 Å². The van der Waals surface area contributed by atoms with Gasteiger partial charge in [-0.3, -0.25) is 4.79 Å². The van der Waals surface area contributed by atoms with Crippen LogP contribution >= 0.6 is 0 Å². The standard InChI is InChI=1S/C8H18N2O4S/c1-2-9-5-6-10-15(13,14)7-3-4-8(11)12/h9-10H,2-7H2,1H3,(H,11,12). The number of carboxylic acids is 1. The molecule has 7 heteroatoms. The van der Waals surface area contributed by atoms with E-state index in [-0.39, 0.29) is 18.6 Å². The van der Waals surface area contributed by atoms with Crippen molar-refractivity contribution in [2.24, 2.45) is 0 Å². The molecule has 15 heavy (non-hydrogen) atoms. The van der Waals surface area contributed by atoms with E-state index in [2.05, 4.69) is 10.0 Å². The molecule has 0 aliphatic rings. The van der Waals surface area contributed by atoms with Crippen molar-refractivity contribution < 1.29 is 18.3 Å². The maximum atomic E-state index is 11.2. The minimum Gasteiger partial charge on any atom is -0.481 e. The van der Waals surface area contributed by atoms with Gasteiger partial charge in [0, 0.05) is 19.5 Å². The molecule has 0 aliphatic heterocycles. The first-order valence-corrected chi connectivity index (χ1v) is 6.53. The summed E-state index contributed by atoms with van der Waals surface area (Å²) in [6, 6.07) is 0. The Balaban J connectivity index is 3.63. The molecular weight excluding hydrogens is 220 g/mol. The molecule has 0 amide bonds. The zero-order valence-electron chi connectivity index (χ0n) is 8.82. The molecule has 0 heterocycles. The van der Waals surface area contributed by atoms with Crippen LogP contribution in [0.4, 0.5) is 0 Å². The van der Waals surface area contributed by atoms with E-state index in [1.165, 1.54) is 0 Å². The third-order valence-electron chi connectivity index (χ3n) is 1.68. The highest BCUT2D eigenvalue weighted by atomic mass is 32.2. The van der Waals surface area contributed by atoms with Gasteiger partial charge in [-0.1, -0.05) is 6.92 Å². The first kappa shape index (κ1) is 14.3. The largest absolute Gasteiger partial charge is 0.481 e. The molecule has 0 fully saturated rings. The van der Waals surface area contributed by atoms with Crippen LogP contribution in [0, 0.1) is 0 Å². The highest BCUT2D eigenvalue weighted by Gasteiger charge is 2.09. The number of rotatable bonds is 9. The molecule has 90 valence electrons. The smallest absolute Gasteiger partial charge is 0.303 e. The van der Waals surface area contributed by atoms with Crippen molar-refractivity contribution in [3.8, 4) is 0 Å². The molecule has 0 unspecified atom stereocenters. The zero-order chi connectivity index (χ0) is 11.7. The monoisotopic (exact) mass is 238 g/mol. The lowest BCUT2D eigenvalue weighted by molar-refractivity contribution is -0.137. The molecule has 0 aliphatic carbocycles. The molecule has 3 N–H and O–H groups in total. The van der Waals surface area contributed by atoms with Gasteiger partial charge < -0.3 is 10.4 Å². The summed E-state index contributed by atoms with van der Waals surface area (Å²) < 4.78 is 24.9. The van der Waals surface area contributed by atoms with Gasteiger partial charge in [-0.2, -0.15) is 0 Å². The van der Waals surface area contributed by atoms with Gasteiger partial charge >= 0.3 is 5.97 Å². The lowest BCUT2D eigenvalue weighted by Crippen LogP contribution is -2.33. The highest BCUT2D eigenvalue weighted by Crippen LogP contribution is 1.94. The molecule has 0 aromatic carbocycles. The molecule has 0 atom stereocenters. The van der Waals surface area contributed by atoms with Crippen molar-refractivity contribution in [2.75, 3.05) is 25.4 Å². The Hall–Kier alpha value is -0.660. The number of carboxylic acid groups (broad SMARTS) is 1. The van der Waals surface area contributed by atoms with Crippen LogP contribution in [0.1, 0.15) is 19.8 Å². The number of hydrogen-bond donors (Lipinski definition) is 3. The van der Waals surface area contributed by atoms with Crippen molar-refractivity contribution in [3.05, 3.63) is 0 Å². The Morgan fingerprint density at radius 3 is 2.53 bits per heavy atom. The fraction of sp³-hybridized carbons (Fsp3) is 0.875. The van der Waals surface area contributed by atoms with Crippen molar-refractivity contribution >= 4 is 16.0 Å². The van der Waals surface area contributed by atoms with Gasteiger partial charge in [-0.05, 0) is 13.0 Å². The van der Waals surface area contributed by atoms with Gasteiger partial charge in [-0.15, -0.1) is 0 Å². The summed E-state index contributed by atoms with van der Waals surface area (Å²) in [4.78, 5) is 10.2. The maximum absolute atomic E-state index is 11.2. The van der Waals surface area contributed by atoms with Gasteiger partial charge in [0.2, 0.25) is 10.0 Å². The van der Waals surface area contributed by atoms with Crippen molar-refractivity contribution in [2.45, 2.75) is 19.8 Å². The summed E-state index contributed by atoms with van der Waals surface area (Å²) >= 11 is 0. The van der Waals surface area contributed by atoms with Crippen molar-refractivity contribution in [1.82, 2.24) is 10.0 Å². The van der Waals surface area contributed by atoms with Crippen LogP contribution in [0.15, 0.2) is 0 Å². The Morgan fingerprint density at radius 2 is 2.00 bits per heavy atom. The predicted octanol–water partition coefficient (Wildman–Crippen LogP) is -0.620. The second-order valence-electron chi connectivity index (χ2n) is 3.06. The third kappa shape index (κ3) is 9.64.